The highest BCUT2D eigenvalue weighted by molar-refractivity contribution is 6.30. The monoisotopic (exact) mass is 450 g/mol. The number of fused-ring (bicyclic) bond motifs is 3. The second kappa shape index (κ2) is 9.06. The molecule has 1 amide bonds. The van der Waals surface area contributed by atoms with Crippen LogP contribution < -0.4 is 5.32 Å². The SMILES string of the molecule is C=CCn1nc(C(=O)NC2CC3COCC(C2)N3Cc2ccc(Cl)cc2)c2ccccc21. The molecule has 32 heavy (non-hydrogen) atoms. The Hall–Kier alpha value is -2.67. The largest absolute Gasteiger partial charge is 0.378 e. The van der Waals surface area contributed by atoms with Crippen molar-refractivity contribution >= 4 is 28.4 Å². The highest BCUT2D eigenvalue weighted by atomic mass is 35.5. The van der Waals surface area contributed by atoms with Crippen LogP contribution in [0.5, 0.6) is 0 Å². The summed E-state index contributed by atoms with van der Waals surface area (Å²) in [4.78, 5) is 15.7. The van der Waals surface area contributed by atoms with Gasteiger partial charge >= 0.3 is 0 Å². The van der Waals surface area contributed by atoms with E-state index in [-0.39, 0.29) is 24.0 Å². The lowest BCUT2D eigenvalue weighted by atomic mass is 9.89. The van der Waals surface area contributed by atoms with Gasteiger partial charge in [-0.1, -0.05) is 48.0 Å². The quantitative estimate of drug-likeness (QED) is 0.576. The summed E-state index contributed by atoms with van der Waals surface area (Å²) in [5.74, 6) is -0.112. The van der Waals surface area contributed by atoms with E-state index in [0.717, 1.165) is 35.3 Å². The molecule has 3 heterocycles. The maximum absolute atomic E-state index is 13.2. The second-order valence-corrected chi connectivity index (χ2v) is 9.06. The molecule has 0 radical (unpaired) electrons. The van der Waals surface area contributed by atoms with Gasteiger partial charge in [-0.05, 0) is 36.6 Å². The minimum atomic E-state index is -0.112. The number of morpholine rings is 1. The lowest BCUT2D eigenvalue weighted by molar-refractivity contribution is -0.0843. The van der Waals surface area contributed by atoms with Crippen LogP contribution in [0.2, 0.25) is 5.02 Å². The van der Waals surface area contributed by atoms with Gasteiger partial charge in [0.15, 0.2) is 5.69 Å². The Labute approximate surface area is 192 Å². The number of allylic oxidation sites excluding steroid dienone is 1. The number of ether oxygens (including phenoxy) is 1. The van der Waals surface area contributed by atoms with E-state index in [1.165, 1.54) is 5.56 Å². The molecule has 2 aromatic carbocycles. The van der Waals surface area contributed by atoms with Crippen LogP contribution in [0.3, 0.4) is 0 Å². The number of rotatable bonds is 6. The predicted octanol–water partition coefficient (Wildman–Crippen LogP) is 4.04. The van der Waals surface area contributed by atoms with Gasteiger partial charge in [0.05, 0.1) is 25.3 Å². The predicted molar refractivity (Wildman–Crippen MR) is 126 cm³/mol. The molecule has 166 valence electrons. The van der Waals surface area contributed by atoms with E-state index in [4.69, 9.17) is 16.3 Å². The Morgan fingerprint density at radius 1 is 1.16 bits per heavy atom. The summed E-state index contributed by atoms with van der Waals surface area (Å²) >= 11 is 6.04. The molecule has 2 aliphatic heterocycles. The average Bonchev–Trinajstić information content (AvgIpc) is 3.15. The number of para-hydroxylation sites is 1. The van der Waals surface area contributed by atoms with Gasteiger partial charge in [0.2, 0.25) is 0 Å². The Balaban J connectivity index is 1.30. The Morgan fingerprint density at radius 3 is 2.59 bits per heavy atom. The lowest BCUT2D eigenvalue weighted by Gasteiger charge is -2.48. The molecule has 0 spiro atoms. The molecule has 2 saturated heterocycles. The van der Waals surface area contributed by atoms with E-state index in [2.05, 4.69) is 34.0 Å². The molecule has 2 atom stereocenters. The fraction of sp³-hybridized carbons (Fsp3) is 0.360. The first kappa shape index (κ1) is 21.2. The van der Waals surface area contributed by atoms with Crippen molar-refractivity contribution in [2.75, 3.05) is 13.2 Å². The number of amides is 1. The van der Waals surface area contributed by atoms with E-state index in [1.54, 1.807) is 6.08 Å². The third-order valence-corrected chi connectivity index (χ3v) is 6.71. The highest BCUT2D eigenvalue weighted by Crippen LogP contribution is 2.30. The summed E-state index contributed by atoms with van der Waals surface area (Å²) in [7, 11) is 0. The Morgan fingerprint density at radius 2 is 1.88 bits per heavy atom. The van der Waals surface area contributed by atoms with Crippen molar-refractivity contribution in [3.63, 3.8) is 0 Å². The minimum absolute atomic E-state index is 0.103. The highest BCUT2D eigenvalue weighted by Gasteiger charge is 2.39. The maximum atomic E-state index is 13.2. The van der Waals surface area contributed by atoms with E-state index in [0.29, 0.717) is 25.5 Å². The molecule has 0 aliphatic carbocycles. The number of hydrogen-bond acceptors (Lipinski definition) is 4. The normalized spacial score (nSPS) is 23.2. The van der Waals surface area contributed by atoms with Crippen LogP contribution in [0.15, 0.2) is 61.2 Å². The third-order valence-electron chi connectivity index (χ3n) is 6.46. The van der Waals surface area contributed by atoms with Gasteiger partial charge in [0, 0.05) is 35.1 Å². The molecule has 7 heteroatoms. The molecule has 5 rings (SSSR count). The molecule has 2 fully saturated rings. The van der Waals surface area contributed by atoms with E-state index < -0.39 is 0 Å². The van der Waals surface area contributed by atoms with Crippen molar-refractivity contribution in [2.45, 2.75) is 44.1 Å². The number of carbonyl (C=O) groups excluding carboxylic acids is 1. The van der Waals surface area contributed by atoms with Crippen molar-refractivity contribution < 1.29 is 9.53 Å². The van der Waals surface area contributed by atoms with Gasteiger partial charge < -0.3 is 10.1 Å². The molecule has 1 aromatic heterocycles. The molecular formula is C25H27ClN4O2. The second-order valence-electron chi connectivity index (χ2n) is 8.62. The number of aromatic nitrogens is 2. The standard InChI is InChI=1S/C25H27ClN4O2/c1-2-11-30-23-6-4-3-5-22(23)24(28-30)25(31)27-19-12-20-15-32-16-21(13-19)29(20)14-17-7-9-18(26)10-8-17/h2-10,19-21H,1,11-16H2,(H,27,31). The van der Waals surface area contributed by atoms with Crippen molar-refractivity contribution in [2.24, 2.45) is 0 Å². The van der Waals surface area contributed by atoms with Gasteiger partial charge in [0.25, 0.3) is 5.91 Å². The maximum Gasteiger partial charge on any atom is 0.272 e. The third kappa shape index (κ3) is 4.18. The zero-order valence-electron chi connectivity index (χ0n) is 17.9. The first-order chi connectivity index (χ1) is 15.6. The summed E-state index contributed by atoms with van der Waals surface area (Å²) < 4.78 is 7.68. The fourth-order valence-electron chi connectivity index (χ4n) is 4.98. The van der Waals surface area contributed by atoms with Crippen LogP contribution >= 0.6 is 11.6 Å². The number of halogens is 1. The molecule has 0 saturated carbocycles. The van der Waals surface area contributed by atoms with Gasteiger partial charge in [0.1, 0.15) is 0 Å². The van der Waals surface area contributed by atoms with Gasteiger partial charge in [-0.15, -0.1) is 6.58 Å². The first-order valence-electron chi connectivity index (χ1n) is 11.1. The number of nitrogens with one attached hydrogen (secondary N) is 1. The summed E-state index contributed by atoms with van der Waals surface area (Å²) in [6.07, 6.45) is 3.51. The summed E-state index contributed by atoms with van der Waals surface area (Å²) in [6, 6.07) is 16.5. The Kier molecular flexibility index (Phi) is 6.00. The van der Waals surface area contributed by atoms with E-state index in [1.807, 2.05) is 41.1 Å². The van der Waals surface area contributed by atoms with Crippen molar-refractivity contribution in [1.82, 2.24) is 20.0 Å². The van der Waals surface area contributed by atoms with E-state index >= 15 is 0 Å². The summed E-state index contributed by atoms with van der Waals surface area (Å²) in [5.41, 5.74) is 2.67. The zero-order chi connectivity index (χ0) is 22.1. The van der Waals surface area contributed by atoms with Crippen molar-refractivity contribution in [3.05, 3.63) is 77.5 Å². The fourth-order valence-corrected chi connectivity index (χ4v) is 5.10. The van der Waals surface area contributed by atoms with Gasteiger partial charge in [-0.2, -0.15) is 5.10 Å². The zero-order valence-corrected chi connectivity index (χ0v) is 18.7. The van der Waals surface area contributed by atoms with Gasteiger partial charge in [-0.25, -0.2) is 0 Å². The Bertz CT molecular complexity index is 1110. The summed E-state index contributed by atoms with van der Waals surface area (Å²) in [5, 5.41) is 9.47. The van der Waals surface area contributed by atoms with Crippen LogP contribution in [-0.2, 0) is 17.8 Å². The lowest BCUT2D eigenvalue weighted by Crippen LogP contribution is -2.60. The number of hydrogen-bond donors (Lipinski definition) is 1. The van der Waals surface area contributed by atoms with Crippen LogP contribution in [-0.4, -0.2) is 51.9 Å². The molecule has 6 nitrogen and oxygen atoms in total. The number of piperidine rings is 1. The van der Waals surface area contributed by atoms with Crippen LogP contribution in [0.25, 0.3) is 10.9 Å². The molecule has 1 N–H and O–H groups in total. The topological polar surface area (TPSA) is 59.4 Å². The molecule has 2 bridgehead atoms. The number of nitrogens with zero attached hydrogens (tertiary/aromatic N) is 3. The molecule has 2 unspecified atom stereocenters. The average molecular weight is 451 g/mol. The molecular weight excluding hydrogens is 424 g/mol. The van der Waals surface area contributed by atoms with E-state index in [9.17, 15) is 4.79 Å². The number of carbonyl (C=O) groups is 1. The molecule has 2 aliphatic rings. The molecule has 3 aromatic rings. The van der Waals surface area contributed by atoms with Crippen molar-refractivity contribution in [1.29, 1.82) is 0 Å². The number of benzene rings is 2. The summed E-state index contributed by atoms with van der Waals surface area (Å²) in [6.45, 7) is 6.61. The minimum Gasteiger partial charge on any atom is -0.378 e. The first-order valence-corrected chi connectivity index (χ1v) is 11.5. The van der Waals surface area contributed by atoms with Crippen LogP contribution in [0.4, 0.5) is 0 Å². The van der Waals surface area contributed by atoms with Crippen molar-refractivity contribution in [3.8, 4) is 0 Å². The smallest absolute Gasteiger partial charge is 0.272 e. The van der Waals surface area contributed by atoms with Crippen LogP contribution in [0.1, 0.15) is 28.9 Å². The van der Waals surface area contributed by atoms with Crippen LogP contribution in [0, 0.1) is 0 Å². The van der Waals surface area contributed by atoms with Gasteiger partial charge in [-0.3, -0.25) is 14.4 Å².